The molecule has 3 nitrogen and oxygen atoms in total. The molecule has 0 saturated carbocycles. The number of para-hydroxylation sites is 1. The lowest BCUT2D eigenvalue weighted by Gasteiger charge is -2.13. The van der Waals surface area contributed by atoms with Crippen molar-refractivity contribution in [3.8, 4) is 6.07 Å². The van der Waals surface area contributed by atoms with E-state index in [-0.39, 0.29) is 11.5 Å². The van der Waals surface area contributed by atoms with E-state index in [1.165, 1.54) is 36.5 Å². The summed E-state index contributed by atoms with van der Waals surface area (Å²) in [6.07, 6.45) is -3.09. The van der Waals surface area contributed by atoms with E-state index in [4.69, 9.17) is 5.26 Å². The van der Waals surface area contributed by atoms with Gasteiger partial charge in [-0.1, -0.05) is 12.1 Å². The molecule has 0 unspecified atom stereocenters. The van der Waals surface area contributed by atoms with Gasteiger partial charge in [0, 0.05) is 6.20 Å². The number of aromatic nitrogens is 1. The van der Waals surface area contributed by atoms with E-state index in [2.05, 4.69) is 10.3 Å². The van der Waals surface area contributed by atoms with Crippen molar-refractivity contribution in [3.63, 3.8) is 0 Å². The van der Waals surface area contributed by atoms with Crippen LogP contribution in [0.15, 0.2) is 42.6 Å². The van der Waals surface area contributed by atoms with E-state index in [0.717, 1.165) is 6.07 Å². The summed E-state index contributed by atoms with van der Waals surface area (Å²) in [6, 6.07) is 9.85. The van der Waals surface area contributed by atoms with Gasteiger partial charge in [-0.05, 0) is 24.3 Å². The minimum Gasteiger partial charge on any atom is -0.340 e. The van der Waals surface area contributed by atoms with E-state index < -0.39 is 11.7 Å². The second-order valence-corrected chi connectivity index (χ2v) is 3.71. The van der Waals surface area contributed by atoms with E-state index in [1.54, 1.807) is 0 Å². The number of benzene rings is 1. The highest BCUT2D eigenvalue weighted by Crippen LogP contribution is 2.35. The average Bonchev–Trinajstić information content (AvgIpc) is 2.38. The van der Waals surface area contributed by atoms with E-state index >= 15 is 0 Å². The second-order valence-electron chi connectivity index (χ2n) is 3.71. The maximum atomic E-state index is 12.8. The maximum Gasteiger partial charge on any atom is 0.418 e. The fourth-order valence-electron chi connectivity index (χ4n) is 1.55. The minimum atomic E-state index is -4.45. The topological polar surface area (TPSA) is 48.7 Å². The molecule has 0 radical (unpaired) electrons. The van der Waals surface area contributed by atoms with Gasteiger partial charge in [-0.15, -0.1) is 0 Å². The Kier molecular flexibility index (Phi) is 3.38. The fraction of sp³-hybridized carbons (Fsp3) is 0.0769. The van der Waals surface area contributed by atoms with Crippen LogP contribution in [0.1, 0.15) is 11.1 Å². The van der Waals surface area contributed by atoms with Crippen molar-refractivity contribution in [2.75, 3.05) is 5.32 Å². The number of hydrogen-bond donors (Lipinski definition) is 1. The first-order valence-corrected chi connectivity index (χ1v) is 5.30. The Balaban J connectivity index is 2.36. The molecule has 2 aromatic rings. The van der Waals surface area contributed by atoms with Crippen LogP contribution in [0.25, 0.3) is 0 Å². The molecule has 0 spiro atoms. The molecule has 1 heterocycles. The number of rotatable bonds is 2. The lowest BCUT2D eigenvalue weighted by Crippen LogP contribution is -2.08. The first kappa shape index (κ1) is 12.9. The molecule has 0 bridgehead atoms. The van der Waals surface area contributed by atoms with Crippen LogP contribution in [0, 0.1) is 11.3 Å². The minimum absolute atomic E-state index is 0.0995. The highest BCUT2D eigenvalue weighted by Gasteiger charge is 2.33. The number of halogens is 3. The average molecular weight is 263 g/mol. The van der Waals surface area contributed by atoms with Crippen LogP contribution in [-0.2, 0) is 6.18 Å². The molecule has 0 saturated heterocycles. The lowest BCUT2D eigenvalue weighted by atomic mass is 10.1. The number of nitriles is 1. The third kappa shape index (κ3) is 3.01. The van der Waals surface area contributed by atoms with Crippen LogP contribution in [-0.4, -0.2) is 4.98 Å². The number of alkyl halides is 3. The number of nitrogens with zero attached hydrogens (tertiary/aromatic N) is 2. The van der Waals surface area contributed by atoms with Gasteiger partial charge in [-0.2, -0.15) is 18.4 Å². The zero-order chi connectivity index (χ0) is 13.9. The molecule has 0 fully saturated rings. The Morgan fingerprint density at radius 2 is 1.89 bits per heavy atom. The van der Waals surface area contributed by atoms with Gasteiger partial charge in [0.25, 0.3) is 0 Å². The summed E-state index contributed by atoms with van der Waals surface area (Å²) in [7, 11) is 0. The van der Waals surface area contributed by atoms with Crippen LogP contribution in [0.5, 0.6) is 0 Å². The summed E-state index contributed by atoms with van der Waals surface area (Å²) >= 11 is 0. The smallest absolute Gasteiger partial charge is 0.340 e. The zero-order valence-electron chi connectivity index (χ0n) is 9.57. The van der Waals surface area contributed by atoms with E-state index in [0.29, 0.717) is 5.56 Å². The molecule has 2 rings (SSSR count). The molecular formula is C13H8F3N3. The van der Waals surface area contributed by atoms with Crippen LogP contribution >= 0.6 is 0 Å². The Morgan fingerprint density at radius 3 is 2.58 bits per heavy atom. The van der Waals surface area contributed by atoms with Crippen LogP contribution in [0.3, 0.4) is 0 Å². The van der Waals surface area contributed by atoms with Gasteiger partial charge in [0.1, 0.15) is 5.82 Å². The van der Waals surface area contributed by atoms with Gasteiger partial charge in [0.05, 0.1) is 22.9 Å². The molecule has 0 aliphatic carbocycles. The molecular weight excluding hydrogens is 255 g/mol. The summed E-state index contributed by atoms with van der Waals surface area (Å²) in [4.78, 5) is 3.88. The lowest BCUT2D eigenvalue weighted by molar-refractivity contribution is -0.136. The van der Waals surface area contributed by atoms with Crippen molar-refractivity contribution >= 4 is 11.5 Å². The third-order valence-electron chi connectivity index (χ3n) is 2.38. The highest BCUT2D eigenvalue weighted by molar-refractivity contribution is 5.62. The maximum absolute atomic E-state index is 12.8. The van der Waals surface area contributed by atoms with Gasteiger partial charge >= 0.3 is 6.18 Å². The fourth-order valence-corrected chi connectivity index (χ4v) is 1.55. The van der Waals surface area contributed by atoms with Crippen LogP contribution < -0.4 is 5.32 Å². The SMILES string of the molecule is N#Cc1ccnc(Nc2ccccc2C(F)(F)F)c1. The second kappa shape index (κ2) is 4.98. The molecule has 1 aromatic heterocycles. The number of hydrogen-bond acceptors (Lipinski definition) is 3. The van der Waals surface area contributed by atoms with Gasteiger partial charge < -0.3 is 5.32 Å². The monoisotopic (exact) mass is 263 g/mol. The Labute approximate surface area is 107 Å². The van der Waals surface area contributed by atoms with Crippen molar-refractivity contribution in [2.24, 2.45) is 0 Å². The molecule has 0 atom stereocenters. The summed E-state index contributed by atoms with van der Waals surface area (Å²) in [6.45, 7) is 0. The normalized spacial score (nSPS) is 10.8. The zero-order valence-corrected chi connectivity index (χ0v) is 9.57. The van der Waals surface area contributed by atoms with E-state index in [1.807, 2.05) is 6.07 Å². The first-order valence-electron chi connectivity index (χ1n) is 5.30. The number of pyridine rings is 1. The van der Waals surface area contributed by atoms with Crippen molar-refractivity contribution < 1.29 is 13.2 Å². The van der Waals surface area contributed by atoms with Gasteiger partial charge in [-0.25, -0.2) is 4.98 Å². The predicted molar refractivity (Wildman–Crippen MR) is 63.7 cm³/mol. The van der Waals surface area contributed by atoms with Gasteiger partial charge in [0.2, 0.25) is 0 Å². The molecule has 0 aliphatic rings. The number of anilines is 2. The molecule has 0 amide bonds. The first-order chi connectivity index (χ1) is 9.00. The summed E-state index contributed by atoms with van der Waals surface area (Å²) in [5.41, 5.74) is -0.557. The van der Waals surface area contributed by atoms with Crippen molar-refractivity contribution in [3.05, 3.63) is 53.7 Å². The standard InChI is InChI=1S/C13H8F3N3/c14-13(15,16)10-3-1-2-4-11(10)19-12-7-9(8-17)5-6-18-12/h1-7H,(H,18,19). The Bertz CT molecular complexity index is 630. The quantitative estimate of drug-likeness (QED) is 0.898. The van der Waals surface area contributed by atoms with Gasteiger partial charge in [0.15, 0.2) is 0 Å². The van der Waals surface area contributed by atoms with Crippen molar-refractivity contribution in [2.45, 2.75) is 6.18 Å². The molecule has 6 heteroatoms. The third-order valence-corrected chi connectivity index (χ3v) is 2.38. The van der Waals surface area contributed by atoms with E-state index in [9.17, 15) is 13.2 Å². The highest BCUT2D eigenvalue weighted by atomic mass is 19.4. The van der Waals surface area contributed by atoms with Crippen LogP contribution in [0.2, 0.25) is 0 Å². The van der Waals surface area contributed by atoms with Crippen molar-refractivity contribution in [1.29, 1.82) is 5.26 Å². The molecule has 19 heavy (non-hydrogen) atoms. The summed E-state index contributed by atoms with van der Waals surface area (Å²) in [5.74, 6) is 0.191. The molecule has 96 valence electrons. The summed E-state index contributed by atoms with van der Waals surface area (Å²) < 4.78 is 38.4. The van der Waals surface area contributed by atoms with Crippen LogP contribution in [0.4, 0.5) is 24.7 Å². The molecule has 1 N–H and O–H groups in total. The summed E-state index contributed by atoms with van der Waals surface area (Å²) in [5, 5.41) is 11.3. The Hall–Kier alpha value is -2.55. The number of nitrogens with one attached hydrogen (secondary N) is 1. The predicted octanol–water partition coefficient (Wildman–Crippen LogP) is 3.72. The largest absolute Gasteiger partial charge is 0.418 e. The molecule has 1 aromatic carbocycles. The van der Waals surface area contributed by atoms with Gasteiger partial charge in [-0.3, -0.25) is 0 Å². The molecule has 0 aliphatic heterocycles. The van der Waals surface area contributed by atoms with Crippen molar-refractivity contribution in [1.82, 2.24) is 4.98 Å². The Morgan fingerprint density at radius 1 is 1.16 bits per heavy atom.